The second kappa shape index (κ2) is 7.52. The summed E-state index contributed by atoms with van der Waals surface area (Å²) in [7, 11) is 0. The zero-order valence-corrected chi connectivity index (χ0v) is 13.5. The molecule has 1 aromatic carbocycles. The molecule has 21 heavy (non-hydrogen) atoms. The number of nitrogens with zero attached hydrogens (tertiary/aromatic N) is 1. The number of aryl methyl sites for hydroxylation is 1. The molecule has 0 saturated heterocycles. The van der Waals surface area contributed by atoms with Gasteiger partial charge in [0.25, 0.3) is 0 Å². The summed E-state index contributed by atoms with van der Waals surface area (Å²) in [4.78, 5) is 5.80. The monoisotopic (exact) mass is 308 g/mol. The maximum absolute atomic E-state index is 13.4. The fraction of sp³-hybridized carbons (Fsp3) is 0.438. The molecule has 0 saturated carbocycles. The van der Waals surface area contributed by atoms with Gasteiger partial charge in [0.05, 0.1) is 17.3 Å². The van der Waals surface area contributed by atoms with Crippen LogP contribution in [0.4, 0.5) is 4.39 Å². The third-order valence-electron chi connectivity index (χ3n) is 3.02. The molecule has 0 unspecified atom stereocenters. The molecule has 0 amide bonds. The van der Waals surface area contributed by atoms with E-state index in [4.69, 9.17) is 4.74 Å². The van der Waals surface area contributed by atoms with Crippen molar-refractivity contribution in [3.05, 3.63) is 45.7 Å². The van der Waals surface area contributed by atoms with E-state index in [1.807, 2.05) is 6.92 Å². The van der Waals surface area contributed by atoms with Crippen LogP contribution in [0.5, 0.6) is 5.75 Å². The Balaban J connectivity index is 1.86. The average molecular weight is 308 g/mol. The van der Waals surface area contributed by atoms with Crippen molar-refractivity contribution in [2.45, 2.75) is 39.8 Å². The number of thiazole rings is 1. The van der Waals surface area contributed by atoms with Crippen LogP contribution in [0.15, 0.2) is 24.3 Å². The molecule has 0 atom stereocenters. The number of hydrogen-bond donors (Lipinski definition) is 1. The van der Waals surface area contributed by atoms with Gasteiger partial charge in [-0.3, -0.25) is 0 Å². The van der Waals surface area contributed by atoms with Crippen molar-refractivity contribution in [3.63, 3.8) is 0 Å². The zero-order valence-electron chi connectivity index (χ0n) is 12.6. The summed E-state index contributed by atoms with van der Waals surface area (Å²) in [6.07, 6.45) is 0.696. The molecule has 114 valence electrons. The number of aromatic nitrogens is 1. The summed E-state index contributed by atoms with van der Waals surface area (Å²) >= 11 is 1.69. The van der Waals surface area contributed by atoms with E-state index >= 15 is 0 Å². The maximum Gasteiger partial charge on any atom is 0.165 e. The number of ether oxygens (including phenoxy) is 1. The summed E-state index contributed by atoms with van der Waals surface area (Å²) in [6.45, 7) is 7.55. The minimum atomic E-state index is -0.324. The summed E-state index contributed by atoms with van der Waals surface area (Å²) in [5, 5.41) is 4.43. The maximum atomic E-state index is 13.4. The Bertz CT molecular complexity index is 583. The number of rotatable bonds is 7. The van der Waals surface area contributed by atoms with E-state index in [9.17, 15) is 4.39 Å². The van der Waals surface area contributed by atoms with Crippen molar-refractivity contribution < 1.29 is 9.13 Å². The molecule has 2 rings (SSSR count). The molecule has 1 N–H and O–H groups in total. The molecule has 0 aliphatic heterocycles. The fourth-order valence-corrected chi connectivity index (χ4v) is 2.87. The minimum absolute atomic E-state index is 0.299. The molecule has 5 heteroatoms. The predicted molar refractivity (Wildman–Crippen MR) is 84.4 cm³/mol. The first-order chi connectivity index (χ1) is 10.1. The van der Waals surface area contributed by atoms with Gasteiger partial charge in [-0.1, -0.05) is 26.0 Å². The van der Waals surface area contributed by atoms with Crippen LogP contribution in [0.2, 0.25) is 0 Å². The zero-order chi connectivity index (χ0) is 15.2. The van der Waals surface area contributed by atoms with Gasteiger partial charge in [-0.05, 0) is 19.1 Å². The predicted octanol–water partition coefficient (Wildman–Crippen LogP) is 3.71. The summed E-state index contributed by atoms with van der Waals surface area (Å²) < 4.78 is 18.9. The standard InChI is InChI=1S/C16H21FN2OS/c1-11(2)18-10-15-12(3)19-16(21-15)8-9-20-14-7-5-4-6-13(14)17/h4-7,11,18H,8-10H2,1-3H3. The van der Waals surface area contributed by atoms with E-state index < -0.39 is 0 Å². The summed E-state index contributed by atoms with van der Waals surface area (Å²) in [5.74, 6) is -0.0258. The summed E-state index contributed by atoms with van der Waals surface area (Å²) in [6, 6.07) is 6.92. The molecular weight excluding hydrogens is 287 g/mol. The lowest BCUT2D eigenvalue weighted by Gasteiger charge is -2.06. The first-order valence-corrected chi connectivity index (χ1v) is 7.94. The van der Waals surface area contributed by atoms with Gasteiger partial charge in [0.15, 0.2) is 11.6 Å². The molecule has 0 aliphatic carbocycles. The Labute approximate surface area is 129 Å². The van der Waals surface area contributed by atoms with Crippen LogP contribution in [0.1, 0.15) is 29.4 Å². The number of halogens is 1. The Hall–Kier alpha value is -1.46. The van der Waals surface area contributed by atoms with Gasteiger partial charge in [0.1, 0.15) is 0 Å². The normalized spacial score (nSPS) is 11.1. The fourth-order valence-electron chi connectivity index (χ4n) is 1.87. The van der Waals surface area contributed by atoms with Crippen LogP contribution in [0, 0.1) is 12.7 Å². The van der Waals surface area contributed by atoms with E-state index in [1.54, 1.807) is 29.5 Å². The summed E-state index contributed by atoms with van der Waals surface area (Å²) in [5.41, 5.74) is 1.06. The average Bonchev–Trinajstić information content (AvgIpc) is 2.79. The quantitative estimate of drug-likeness (QED) is 0.846. The van der Waals surface area contributed by atoms with E-state index in [1.165, 1.54) is 10.9 Å². The smallest absolute Gasteiger partial charge is 0.165 e. The Morgan fingerprint density at radius 1 is 1.33 bits per heavy atom. The van der Waals surface area contributed by atoms with Crippen LogP contribution < -0.4 is 10.1 Å². The van der Waals surface area contributed by atoms with E-state index in [0.29, 0.717) is 24.8 Å². The molecule has 0 fully saturated rings. The van der Waals surface area contributed by atoms with E-state index in [-0.39, 0.29) is 5.82 Å². The molecule has 0 bridgehead atoms. The molecule has 1 aromatic heterocycles. The van der Waals surface area contributed by atoms with Crippen molar-refractivity contribution in [1.29, 1.82) is 0 Å². The third kappa shape index (κ3) is 4.79. The van der Waals surface area contributed by atoms with Crippen molar-refractivity contribution >= 4 is 11.3 Å². The highest BCUT2D eigenvalue weighted by atomic mass is 32.1. The van der Waals surface area contributed by atoms with Gasteiger partial charge >= 0.3 is 0 Å². The van der Waals surface area contributed by atoms with Crippen LogP contribution in [-0.2, 0) is 13.0 Å². The molecule has 3 nitrogen and oxygen atoms in total. The number of para-hydroxylation sites is 1. The van der Waals surface area contributed by atoms with E-state index in [0.717, 1.165) is 17.2 Å². The lowest BCUT2D eigenvalue weighted by molar-refractivity contribution is 0.305. The number of nitrogens with one attached hydrogen (secondary N) is 1. The highest BCUT2D eigenvalue weighted by molar-refractivity contribution is 7.11. The lowest BCUT2D eigenvalue weighted by Crippen LogP contribution is -2.21. The topological polar surface area (TPSA) is 34.1 Å². The Morgan fingerprint density at radius 2 is 2.10 bits per heavy atom. The van der Waals surface area contributed by atoms with Crippen LogP contribution in [0.3, 0.4) is 0 Å². The first-order valence-electron chi connectivity index (χ1n) is 7.12. The van der Waals surface area contributed by atoms with Crippen molar-refractivity contribution in [3.8, 4) is 5.75 Å². The highest BCUT2D eigenvalue weighted by Gasteiger charge is 2.09. The SMILES string of the molecule is Cc1nc(CCOc2ccccc2F)sc1CNC(C)C. The largest absolute Gasteiger partial charge is 0.490 e. The van der Waals surface area contributed by atoms with Crippen LogP contribution in [-0.4, -0.2) is 17.6 Å². The molecular formula is C16H21FN2OS. The van der Waals surface area contributed by atoms with Gasteiger partial charge in [-0.15, -0.1) is 11.3 Å². The van der Waals surface area contributed by atoms with Gasteiger partial charge in [-0.2, -0.15) is 0 Å². The molecule has 2 aromatic rings. The number of hydrogen-bond acceptors (Lipinski definition) is 4. The lowest BCUT2D eigenvalue weighted by atomic mass is 10.3. The third-order valence-corrected chi connectivity index (χ3v) is 4.24. The van der Waals surface area contributed by atoms with Gasteiger partial charge in [0, 0.05) is 23.9 Å². The molecule has 0 spiro atoms. The van der Waals surface area contributed by atoms with Gasteiger partial charge in [-0.25, -0.2) is 9.37 Å². The van der Waals surface area contributed by atoms with Gasteiger partial charge in [0.2, 0.25) is 0 Å². The second-order valence-electron chi connectivity index (χ2n) is 5.18. The number of benzene rings is 1. The van der Waals surface area contributed by atoms with E-state index in [2.05, 4.69) is 24.1 Å². The van der Waals surface area contributed by atoms with Crippen LogP contribution in [0.25, 0.3) is 0 Å². The van der Waals surface area contributed by atoms with Crippen molar-refractivity contribution in [1.82, 2.24) is 10.3 Å². The molecule has 0 aliphatic rings. The van der Waals surface area contributed by atoms with Crippen molar-refractivity contribution in [2.75, 3.05) is 6.61 Å². The molecule has 0 radical (unpaired) electrons. The van der Waals surface area contributed by atoms with Gasteiger partial charge < -0.3 is 10.1 Å². The minimum Gasteiger partial charge on any atom is -0.490 e. The molecule has 1 heterocycles. The Morgan fingerprint density at radius 3 is 2.81 bits per heavy atom. The first kappa shape index (κ1) is 15.9. The van der Waals surface area contributed by atoms with Crippen LogP contribution >= 0.6 is 11.3 Å². The Kier molecular flexibility index (Phi) is 5.70. The van der Waals surface area contributed by atoms with Crippen molar-refractivity contribution in [2.24, 2.45) is 0 Å². The highest BCUT2D eigenvalue weighted by Crippen LogP contribution is 2.20. The second-order valence-corrected chi connectivity index (χ2v) is 6.35.